The van der Waals surface area contributed by atoms with Crippen molar-refractivity contribution in [1.82, 2.24) is 10.3 Å². The fourth-order valence-electron chi connectivity index (χ4n) is 3.08. The van der Waals surface area contributed by atoms with Crippen LogP contribution in [-0.2, 0) is 17.6 Å². The molecule has 1 amide bonds. The number of rotatable bonds is 5. The van der Waals surface area contributed by atoms with Gasteiger partial charge in [0.1, 0.15) is 0 Å². The zero-order valence-electron chi connectivity index (χ0n) is 13.5. The Kier molecular flexibility index (Phi) is 6.06. The molecule has 7 heteroatoms. The van der Waals surface area contributed by atoms with Crippen molar-refractivity contribution in [1.29, 1.82) is 0 Å². The van der Waals surface area contributed by atoms with E-state index >= 15 is 0 Å². The molecule has 0 aliphatic heterocycles. The lowest BCUT2D eigenvalue weighted by atomic mass is 9.80. The lowest BCUT2D eigenvalue weighted by molar-refractivity contribution is -0.186. The van der Waals surface area contributed by atoms with Crippen molar-refractivity contribution < 1.29 is 18.0 Å². The maximum atomic E-state index is 12.8. The quantitative estimate of drug-likeness (QED) is 0.872. The predicted molar refractivity (Wildman–Crippen MR) is 84.4 cm³/mol. The van der Waals surface area contributed by atoms with Gasteiger partial charge in [0.05, 0.1) is 16.6 Å². The first-order valence-electron chi connectivity index (χ1n) is 8.10. The monoisotopic (exact) mass is 348 g/mol. The standard InChI is InChI=1S/C16H23F3N2OS/c1-3-13-10(2)23-14(21-13)7-8-20-15(22)11-5-4-6-12(9-11)16(17,18)19/h11-12H,3-9H2,1-2H3,(H,20,22)/t11-,12+/m1/s1. The van der Waals surface area contributed by atoms with Gasteiger partial charge in [-0.25, -0.2) is 4.98 Å². The molecule has 3 nitrogen and oxygen atoms in total. The fourth-order valence-corrected chi connectivity index (χ4v) is 4.11. The number of thiazole rings is 1. The van der Waals surface area contributed by atoms with E-state index in [9.17, 15) is 18.0 Å². The number of hydrogen-bond acceptors (Lipinski definition) is 3. The number of aryl methyl sites for hydroxylation is 2. The highest BCUT2D eigenvalue weighted by Gasteiger charge is 2.43. The van der Waals surface area contributed by atoms with Gasteiger partial charge in [0, 0.05) is 23.8 Å². The number of alkyl halides is 3. The summed E-state index contributed by atoms with van der Waals surface area (Å²) in [4.78, 5) is 17.8. The van der Waals surface area contributed by atoms with E-state index < -0.39 is 18.0 Å². The Morgan fingerprint density at radius 1 is 1.39 bits per heavy atom. The number of nitrogens with one attached hydrogen (secondary N) is 1. The average molecular weight is 348 g/mol. The van der Waals surface area contributed by atoms with Gasteiger partial charge in [-0.05, 0) is 32.6 Å². The lowest BCUT2D eigenvalue weighted by Crippen LogP contribution is -2.38. The first kappa shape index (κ1) is 18.2. The lowest BCUT2D eigenvalue weighted by Gasteiger charge is -2.29. The normalized spacial score (nSPS) is 22.1. The number of carbonyl (C=O) groups is 1. The third-order valence-electron chi connectivity index (χ3n) is 4.42. The molecule has 1 aromatic rings. The second-order valence-electron chi connectivity index (χ2n) is 6.11. The number of hydrogen-bond donors (Lipinski definition) is 1. The van der Waals surface area contributed by atoms with E-state index in [0.717, 1.165) is 17.1 Å². The molecule has 23 heavy (non-hydrogen) atoms. The minimum atomic E-state index is -4.19. The van der Waals surface area contributed by atoms with E-state index in [2.05, 4.69) is 10.3 Å². The Bertz CT molecular complexity index is 542. The SMILES string of the molecule is CCc1nc(CCNC(=O)[C@@H]2CCC[C@H](C(F)(F)F)C2)sc1C. The summed E-state index contributed by atoms with van der Waals surface area (Å²) in [5, 5.41) is 3.75. The van der Waals surface area contributed by atoms with Gasteiger partial charge in [-0.1, -0.05) is 13.3 Å². The Morgan fingerprint density at radius 3 is 2.74 bits per heavy atom. The highest BCUT2D eigenvalue weighted by Crippen LogP contribution is 2.39. The number of halogens is 3. The average Bonchev–Trinajstić information content (AvgIpc) is 2.86. The number of amides is 1. The zero-order valence-corrected chi connectivity index (χ0v) is 14.3. The topological polar surface area (TPSA) is 42.0 Å². The molecule has 1 aliphatic carbocycles. The molecule has 0 bridgehead atoms. The molecule has 1 saturated carbocycles. The molecule has 0 aromatic carbocycles. The third kappa shape index (κ3) is 4.93. The van der Waals surface area contributed by atoms with Gasteiger partial charge in [0.2, 0.25) is 5.91 Å². The molecular weight excluding hydrogens is 325 g/mol. The molecule has 1 aliphatic rings. The molecule has 2 rings (SSSR count). The Hall–Kier alpha value is -1.11. The summed E-state index contributed by atoms with van der Waals surface area (Å²) >= 11 is 1.62. The van der Waals surface area contributed by atoms with Crippen LogP contribution in [0.3, 0.4) is 0 Å². The number of aromatic nitrogens is 1. The number of nitrogens with zero attached hydrogens (tertiary/aromatic N) is 1. The van der Waals surface area contributed by atoms with Crippen LogP contribution in [0.4, 0.5) is 13.2 Å². The van der Waals surface area contributed by atoms with Crippen LogP contribution >= 0.6 is 11.3 Å². The molecular formula is C16H23F3N2OS. The van der Waals surface area contributed by atoms with E-state index in [1.54, 1.807) is 11.3 Å². The van der Waals surface area contributed by atoms with Gasteiger partial charge >= 0.3 is 6.18 Å². The molecule has 1 N–H and O–H groups in total. The van der Waals surface area contributed by atoms with Crippen molar-refractivity contribution in [2.24, 2.45) is 11.8 Å². The van der Waals surface area contributed by atoms with Gasteiger partial charge in [0.25, 0.3) is 0 Å². The number of carbonyl (C=O) groups excluding carboxylic acids is 1. The summed E-state index contributed by atoms with van der Waals surface area (Å²) in [5.41, 5.74) is 1.08. The molecule has 2 atom stereocenters. The van der Waals surface area contributed by atoms with Gasteiger partial charge in [-0.15, -0.1) is 11.3 Å². The highest BCUT2D eigenvalue weighted by atomic mass is 32.1. The van der Waals surface area contributed by atoms with E-state index in [0.29, 0.717) is 25.8 Å². The molecule has 1 fully saturated rings. The largest absolute Gasteiger partial charge is 0.391 e. The summed E-state index contributed by atoms with van der Waals surface area (Å²) < 4.78 is 38.4. The summed E-state index contributed by atoms with van der Waals surface area (Å²) in [6, 6.07) is 0. The van der Waals surface area contributed by atoms with E-state index in [1.165, 1.54) is 4.88 Å². The van der Waals surface area contributed by atoms with Gasteiger partial charge < -0.3 is 5.32 Å². The minimum absolute atomic E-state index is 0.0777. The second kappa shape index (κ2) is 7.64. The van der Waals surface area contributed by atoms with Crippen LogP contribution in [0.1, 0.15) is 48.2 Å². The summed E-state index contributed by atoms with van der Waals surface area (Å²) in [6.45, 7) is 4.51. The third-order valence-corrected chi connectivity index (χ3v) is 5.49. The molecule has 0 unspecified atom stereocenters. The van der Waals surface area contributed by atoms with Crippen LogP contribution in [0.2, 0.25) is 0 Å². The molecule has 1 heterocycles. The van der Waals surface area contributed by atoms with Crippen LogP contribution < -0.4 is 5.32 Å². The highest BCUT2D eigenvalue weighted by molar-refractivity contribution is 7.11. The summed E-state index contributed by atoms with van der Waals surface area (Å²) in [5.74, 6) is -2.09. The summed E-state index contributed by atoms with van der Waals surface area (Å²) in [7, 11) is 0. The van der Waals surface area contributed by atoms with Crippen molar-refractivity contribution >= 4 is 17.2 Å². The summed E-state index contributed by atoms with van der Waals surface area (Å²) in [6.07, 6.45) is -1.59. The first-order chi connectivity index (χ1) is 10.8. The van der Waals surface area contributed by atoms with Crippen LogP contribution in [-0.4, -0.2) is 23.6 Å². The van der Waals surface area contributed by atoms with Gasteiger partial charge in [-0.2, -0.15) is 13.2 Å². The van der Waals surface area contributed by atoms with E-state index in [1.807, 2.05) is 13.8 Å². The maximum Gasteiger partial charge on any atom is 0.391 e. The molecule has 1 aromatic heterocycles. The van der Waals surface area contributed by atoms with E-state index in [4.69, 9.17) is 0 Å². The Balaban J connectivity index is 1.80. The minimum Gasteiger partial charge on any atom is -0.355 e. The van der Waals surface area contributed by atoms with E-state index in [-0.39, 0.29) is 18.7 Å². The second-order valence-corrected chi connectivity index (χ2v) is 7.39. The van der Waals surface area contributed by atoms with Crippen molar-refractivity contribution in [2.45, 2.75) is 58.5 Å². The molecule has 0 saturated heterocycles. The van der Waals surface area contributed by atoms with Crippen molar-refractivity contribution in [3.05, 3.63) is 15.6 Å². The zero-order chi connectivity index (χ0) is 17.0. The van der Waals surface area contributed by atoms with Crippen molar-refractivity contribution in [3.63, 3.8) is 0 Å². The van der Waals surface area contributed by atoms with Crippen molar-refractivity contribution in [3.8, 4) is 0 Å². The van der Waals surface area contributed by atoms with Gasteiger partial charge in [0.15, 0.2) is 0 Å². The Labute approximate surface area is 138 Å². The molecule has 0 radical (unpaired) electrons. The molecule has 130 valence electrons. The van der Waals surface area contributed by atoms with Crippen LogP contribution in [0, 0.1) is 18.8 Å². The first-order valence-corrected chi connectivity index (χ1v) is 8.92. The fraction of sp³-hybridized carbons (Fsp3) is 0.750. The van der Waals surface area contributed by atoms with Crippen LogP contribution in [0.25, 0.3) is 0 Å². The van der Waals surface area contributed by atoms with Crippen molar-refractivity contribution in [2.75, 3.05) is 6.54 Å². The maximum absolute atomic E-state index is 12.8. The Morgan fingerprint density at radius 2 is 2.13 bits per heavy atom. The smallest absolute Gasteiger partial charge is 0.355 e. The predicted octanol–water partition coefficient (Wildman–Crippen LogP) is 4.04. The van der Waals surface area contributed by atoms with Gasteiger partial charge in [-0.3, -0.25) is 4.79 Å². The van der Waals surface area contributed by atoms with Crippen LogP contribution in [0.15, 0.2) is 0 Å². The molecule has 0 spiro atoms. The van der Waals surface area contributed by atoms with Crippen LogP contribution in [0.5, 0.6) is 0 Å².